The number of fused-ring (bicyclic) bond motifs is 1. The lowest BCUT2D eigenvalue weighted by Crippen LogP contribution is -2.05. The van der Waals surface area contributed by atoms with E-state index in [1.54, 1.807) is 6.07 Å². The Bertz CT molecular complexity index is 1010. The summed E-state index contributed by atoms with van der Waals surface area (Å²) in [5.74, 6) is 0.127. The van der Waals surface area contributed by atoms with E-state index in [0.717, 1.165) is 29.3 Å². The minimum atomic E-state index is 0.127. The predicted octanol–water partition coefficient (Wildman–Crippen LogP) is 8.89. The first-order chi connectivity index (χ1) is 15.6. The lowest BCUT2D eigenvalue weighted by atomic mass is 10.0. The molecule has 0 saturated heterocycles. The molecule has 0 radical (unpaired) electrons. The lowest BCUT2D eigenvalue weighted by Gasteiger charge is -2.06. The summed E-state index contributed by atoms with van der Waals surface area (Å²) in [5, 5.41) is 6.81. The highest BCUT2D eigenvalue weighted by Crippen LogP contribution is 2.25. The van der Waals surface area contributed by atoms with Gasteiger partial charge in [0.1, 0.15) is 5.69 Å². The van der Waals surface area contributed by atoms with E-state index in [9.17, 15) is 4.79 Å². The molecule has 0 aliphatic heterocycles. The molecule has 0 fully saturated rings. The number of Topliss-reactive ketones (excluding diaryl/α,β-unsaturated/α-hetero) is 1. The third kappa shape index (κ3) is 7.08. The number of benzene rings is 2. The second-order valence-electron chi connectivity index (χ2n) is 8.61. The van der Waals surface area contributed by atoms with Crippen molar-refractivity contribution in [1.29, 1.82) is 0 Å². The average Bonchev–Trinajstić information content (AvgIpc) is 3.15. The molecule has 0 saturated carbocycles. The smallest absolute Gasteiger partial charge is 0.183 e. The van der Waals surface area contributed by atoms with Crippen LogP contribution in [0.25, 0.3) is 10.9 Å². The number of ketones is 1. The van der Waals surface area contributed by atoms with E-state index in [1.165, 1.54) is 51.4 Å². The van der Waals surface area contributed by atoms with Crippen LogP contribution < -0.4 is 0 Å². The quantitative estimate of drug-likeness (QED) is 0.173. The van der Waals surface area contributed by atoms with Crippen LogP contribution in [-0.2, 0) is 6.54 Å². The molecule has 1 aromatic heterocycles. The third-order valence-electron chi connectivity index (χ3n) is 6.01. The first-order valence-electron chi connectivity index (χ1n) is 12.0. The second-order valence-corrected chi connectivity index (χ2v) is 9.46. The summed E-state index contributed by atoms with van der Waals surface area (Å²) in [6.45, 7) is 2.76. The Hall–Kier alpha value is -1.84. The van der Waals surface area contributed by atoms with E-state index in [4.69, 9.17) is 23.2 Å². The number of hydrogen-bond acceptors (Lipinski definition) is 2. The molecule has 172 valence electrons. The number of nitrogens with zero attached hydrogens (tertiary/aromatic N) is 2. The summed E-state index contributed by atoms with van der Waals surface area (Å²) < 4.78 is 1.87. The summed E-state index contributed by atoms with van der Waals surface area (Å²) in [7, 11) is 0. The van der Waals surface area contributed by atoms with Gasteiger partial charge in [0.25, 0.3) is 0 Å². The van der Waals surface area contributed by atoms with Gasteiger partial charge >= 0.3 is 0 Å². The number of carbonyl (C=O) groups excluding carboxylic acids is 1. The van der Waals surface area contributed by atoms with E-state index < -0.39 is 0 Å². The zero-order valence-corrected chi connectivity index (χ0v) is 20.6. The summed E-state index contributed by atoms with van der Waals surface area (Å²) in [5.41, 5.74) is 2.45. The fraction of sp³-hybridized carbons (Fsp3) is 0.481. The van der Waals surface area contributed by atoms with Crippen molar-refractivity contribution in [2.75, 3.05) is 0 Å². The van der Waals surface area contributed by atoms with Crippen molar-refractivity contribution >= 4 is 39.9 Å². The molecule has 0 N–H and O–H groups in total. The second kappa shape index (κ2) is 13.0. The Morgan fingerprint density at radius 2 is 1.53 bits per heavy atom. The van der Waals surface area contributed by atoms with E-state index in [-0.39, 0.29) is 5.78 Å². The molecule has 32 heavy (non-hydrogen) atoms. The fourth-order valence-corrected chi connectivity index (χ4v) is 4.62. The average molecular weight is 473 g/mol. The third-order valence-corrected chi connectivity index (χ3v) is 6.60. The van der Waals surface area contributed by atoms with Crippen LogP contribution >= 0.6 is 23.2 Å². The Kier molecular flexibility index (Phi) is 10.1. The van der Waals surface area contributed by atoms with E-state index in [2.05, 4.69) is 12.0 Å². The number of hydrogen-bond donors (Lipinski definition) is 0. The van der Waals surface area contributed by atoms with Crippen LogP contribution in [0.3, 0.4) is 0 Å². The molecule has 3 rings (SSSR count). The van der Waals surface area contributed by atoms with Gasteiger partial charge in [0, 0.05) is 21.9 Å². The maximum absolute atomic E-state index is 13.0. The van der Waals surface area contributed by atoms with Crippen LogP contribution in [0.4, 0.5) is 0 Å². The van der Waals surface area contributed by atoms with Crippen LogP contribution in [0.15, 0.2) is 42.5 Å². The van der Waals surface area contributed by atoms with Crippen LogP contribution in [0.5, 0.6) is 0 Å². The highest BCUT2D eigenvalue weighted by molar-refractivity contribution is 6.35. The van der Waals surface area contributed by atoms with Crippen molar-refractivity contribution in [3.8, 4) is 0 Å². The standard InChI is InChI=1S/C27H34Cl2N2O/c1-2-3-4-5-6-7-8-9-10-11-16-26(32)27-23-14-12-13-15-25(23)31(30-27)20-21-17-18-22(28)19-24(21)29/h12-15,17-19H,2-11,16,20H2,1H3. The molecule has 1 heterocycles. The number of para-hydroxylation sites is 1. The molecule has 0 aliphatic carbocycles. The predicted molar refractivity (Wildman–Crippen MR) is 136 cm³/mol. The summed E-state index contributed by atoms with van der Waals surface area (Å²) in [6.07, 6.45) is 13.2. The van der Waals surface area contributed by atoms with E-state index >= 15 is 0 Å². The maximum atomic E-state index is 13.0. The van der Waals surface area contributed by atoms with Gasteiger partial charge in [-0.2, -0.15) is 5.10 Å². The first kappa shape index (κ1) is 24.8. The van der Waals surface area contributed by atoms with Crippen LogP contribution in [0, 0.1) is 0 Å². The van der Waals surface area contributed by atoms with Crippen molar-refractivity contribution in [1.82, 2.24) is 9.78 Å². The van der Waals surface area contributed by atoms with E-state index in [1.807, 2.05) is 41.1 Å². The first-order valence-corrected chi connectivity index (χ1v) is 12.8. The molecule has 3 aromatic rings. The van der Waals surface area contributed by atoms with Crippen molar-refractivity contribution < 1.29 is 4.79 Å². The largest absolute Gasteiger partial charge is 0.292 e. The number of carbonyl (C=O) groups is 1. The highest BCUT2D eigenvalue weighted by atomic mass is 35.5. The zero-order valence-electron chi connectivity index (χ0n) is 19.1. The lowest BCUT2D eigenvalue weighted by molar-refractivity contribution is 0.0975. The molecule has 0 aliphatic rings. The van der Waals surface area contributed by atoms with Gasteiger partial charge in [-0.1, -0.05) is 112 Å². The molecule has 0 spiro atoms. The SMILES string of the molecule is CCCCCCCCCCCCC(=O)c1nn(Cc2ccc(Cl)cc2Cl)c2ccccc12. The van der Waals surface area contributed by atoms with Gasteiger partial charge in [0.2, 0.25) is 0 Å². The van der Waals surface area contributed by atoms with Gasteiger partial charge in [-0.15, -0.1) is 0 Å². The van der Waals surface area contributed by atoms with Crippen molar-refractivity contribution in [3.05, 3.63) is 63.8 Å². The van der Waals surface area contributed by atoms with Gasteiger partial charge < -0.3 is 0 Å². The molecule has 5 heteroatoms. The van der Waals surface area contributed by atoms with Crippen LogP contribution in [-0.4, -0.2) is 15.6 Å². The summed E-state index contributed by atoms with van der Waals surface area (Å²) in [4.78, 5) is 13.0. The molecular weight excluding hydrogens is 439 g/mol. The Morgan fingerprint density at radius 3 is 2.22 bits per heavy atom. The van der Waals surface area contributed by atoms with Gasteiger partial charge in [-0.05, 0) is 30.2 Å². The number of unbranched alkanes of at least 4 members (excludes halogenated alkanes) is 9. The molecular formula is C27H34Cl2N2O. The molecule has 0 amide bonds. The molecule has 0 atom stereocenters. The molecule has 0 unspecified atom stereocenters. The minimum absolute atomic E-state index is 0.127. The Labute approximate surface area is 202 Å². The topological polar surface area (TPSA) is 34.9 Å². The normalized spacial score (nSPS) is 11.3. The van der Waals surface area contributed by atoms with Gasteiger partial charge in [0.05, 0.1) is 12.1 Å². The number of aromatic nitrogens is 2. The van der Waals surface area contributed by atoms with Crippen LogP contribution in [0.1, 0.15) is 93.6 Å². The van der Waals surface area contributed by atoms with Crippen molar-refractivity contribution in [2.24, 2.45) is 0 Å². The Balaban J connectivity index is 1.54. The van der Waals surface area contributed by atoms with Gasteiger partial charge in [-0.3, -0.25) is 9.48 Å². The summed E-state index contributed by atoms with van der Waals surface area (Å²) >= 11 is 12.4. The van der Waals surface area contributed by atoms with Crippen molar-refractivity contribution in [3.63, 3.8) is 0 Å². The fourth-order valence-electron chi connectivity index (χ4n) is 4.16. The van der Waals surface area contributed by atoms with Gasteiger partial charge in [0.15, 0.2) is 5.78 Å². The minimum Gasteiger partial charge on any atom is -0.292 e. The van der Waals surface area contributed by atoms with Crippen molar-refractivity contribution in [2.45, 2.75) is 84.1 Å². The van der Waals surface area contributed by atoms with E-state index in [0.29, 0.717) is 28.7 Å². The highest BCUT2D eigenvalue weighted by Gasteiger charge is 2.17. The number of rotatable bonds is 14. The zero-order chi connectivity index (χ0) is 22.8. The van der Waals surface area contributed by atoms with Gasteiger partial charge in [-0.25, -0.2) is 0 Å². The molecule has 2 aromatic carbocycles. The monoisotopic (exact) mass is 472 g/mol. The maximum Gasteiger partial charge on any atom is 0.183 e. The Morgan fingerprint density at radius 1 is 0.875 bits per heavy atom. The molecule has 0 bridgehead atoms. The number of halogens is 2. The van der Waals surface area contributed by atoms with Crippen LogP contribution in [0.2, 0.25) is 10.0 Å². The summed E-state index contributed by atoms with van der Waals surface area (Å²) in [6, 6.07) is 13.4. The molecule has 3 nitrogen and oxygen atoms in total.